The van der Waals surface area contributed by atoms with Crippen molar-refractivity contribution in [2.24, 2.45) is 23.7 Å². The molecule has 30 heavy (non-hydrogen) atoms. The molecule has 5 rings (SSSR count). The molecule has 0 spiro atoms. The summed E-state index contributed by atoms with van der Waals surface area (Å²) in [5.41, 5.74) is 1.40. The van der Waals surface area contributed by atoms with Crippen LogP contribution in [0.15, 0.2) is 42.5 Å². The number of amides is 2. The first-order valence-corrected chi connectivity index (χ1v) is 10.5. The van der Waals surface area contributed by atoms with E-state index in [4.69, 9.17) is 27.9 Å². The second kappa shape index (κ2) is 7.29. The van der Waals surface area contributed by atoms with E-state index in [1.54, 1.807) is 42.5 Å². The third-order valence-corrected chi connectivity index (χ3v) is 7.22. The van der Waals surface area contributed by atoms with Gasteiger partial charge in [-0.2, -0.15) is 0 Å². The maximum Gasteiger partial charge on any atom is 0.310 e. The van der Waals surface area contributed by atoms with Gasteiger partial charge in [-0.25, -0.2) is 0 Å². The Bertz CT molecular complexity index is 1050. The molecule has 2 aromatic rings. The number of esters is 1. The normalized spacial score (nSPS) is 28.3. The quantitative estimate of drug-likeness (QED) is 0.685. The molecule has 2 saturated carbocycles. The highest BCUT2D eigenvalue weighted by Gasteiger charge is 2.63. The minimum Gasteiger partial charge on any atom is -0.462 e. The Balaban J connectivity index is 1.25. The van der Waals surface area contributed by atoms with Gasteiger partial charge in [-0.05, 0) is 55.2 Å². The number of carbonyl (C=O) groups excluding carboxylic acids is 3. The van der Waals surface area contributed by atoms with E-state index in [0.717, 1.165) is 12.8 Å². The molecule has 8 heteroatoms. The van der Waals surface area contributed by atoms with Crippen LogP contribution in [0.3, 0.4) is 0 Å². The molecule has 2 amide bonds. The van der Waals surface area contributed by atoms with Gasteiger partial charge in [-0.15, -0.1) is 0 Å². The topological polar surface area (TPSA) is 84.5 Å². The maximum atomic E-state index is 12.8. The van der Waals surface area contributed by atoms with E-state index in [2.05, 4.69) is 10.6 Å². The van der Waals surface area contributed by atoms with Crippen LogP contribution in [0.4, 0.5) is 11.4 Å². The zero-order chi connectivity index (χ0) is 21.0. The fourth-order valence-electron chi connectivity index (χ4n) is 5.09. The lowest BCUT2D eigenvalue weighted by Gasteiger charge is -2.23. The molecule has 5 atom stereocenters. The van der Waals surface area contributed by atoms with Gasteiger partial charge < -0.3 is 15.4 Å². The van der Waals surface area contributed by atoms with Crippen LogP contribution in [0.2, 0.25) is 10.0 Å². The molecular weight excluding hydrogens is 427 g/mol. The number of nitrogens with one attached hydrogen (secondary N) is 2. The molecule has 1 saturated heterocycles. The van der Waals surface area contributed by atoms with Gasteiger partial charge in [0.05, 0.1) is 27.6 Å². The molecule has 154 valence electrons. The molecule has 2 aromatic carbocycles. The highest BCUT2D eigenvalue weighted by molar-refractivity contribution is 6.44. The molecule has 0 radical (unpaired) electrons. The molecular formula is C22H18Cl2N2O4. The molecule has 1 heterocycles. The Morgan fingerprint density at radius 1 is 1.00 bits per heavy atom. The lowest BCUT2D eigenvalue weighted by atomic mass is 9.79. The summed E-state index contributed by atoms with van der Waals surface area (Å²) in [5.74, 6) is -1.02. The second-order valence-electron chi connectivity index (χ2n) is 8.04. The van der Waals surface area contributed by atoms with Crippen molar-refractivity contribution in [2.75, 3.05) is 10.6 Å². The Morgan fingerprint density at radius 2 is 1.77 bits per heavy atom. The van der Waals surface area contributed by atoms with Gasteiger partial charge in [-0.3, -0.25) is 14.4 Å². The minimum absolute atomic E-state index is 0.00217. The van der Waals surface area contributed by atoms with Crippen LogP contribution in [-0.2, 0) is 14.3 Å². The van der Waals surface area contributed by atoms with Gasteiger partial charge in [0, 0.05) is 17.2 Å². The summed E-state index contributed by atoms with van der Waals surface area (Å²) in [6.07, 6.45) is 1.66. The van der Waals surface area contributed by atoms with Gasteiger partial charge in [-0.1, -0.05) is 29.3 Å². The van der Waals surface area contributed by atoms with Crippen molar-refractivity contribution in [3.8, 4) is 0 Å². The third kappa shape index (κ3) is 3.15. The first-order valence-electron chi connectivity index (χ1n) is 9.79. The molecule has 2 N–H and O–H groups in total. The fourth-order valence-corrected chi connectivity index (χ4v) is 5.44. The van der Waals surface area contributed by atoms with Crippen LogP contribution >= 0.6 is 23.2 Å². The van der Waals surface area contributed by atoms with Gasteiger partial charge in [0.15, 0.2) is 0 Å². The first kappa shape index (κ1) is 19.4. The van der Waals surface area contributed by atoms with Gasteiger partial charge >= 0.3 is 5.97 Å². The summed E-state index contributed by atoms with van der Waals surface area (Å²) in [6.45, 7) is 0. The van der Waals surface area contributed by atoms with E-state index in [-0.39, 0.29) is 52.6 Å². The fraction of sp³-hybridized carbons (Fsp3) is 0.318. The van der Waals surface area contributed by atoms with E-state index < -0.39 is 0 Å². The van der Waals surface area contributed by atoms with Crippen molar-refractivity contribution < 1.29 is 19.1 Å². The third-order valence-electron chi connectivity index (χ3n) is 6.40. The number of carbonyl (C=O) groups is 3. The summed E-state index contributed by atoms with van der Waals surface area (Å²) in [4.78, 5) is 37.4. The van der Waals surface area contributed by atoms with E-state index in [1.165, 1.54) is 0 Å². The Kier molecular flexibility index (Phi) is 4.71. The van der Waals surface area contributed by atoms with E-state index >= 15 is 0 Å². The molecule has 6 nitrogen and oxygen atoms in total. The summed E-state index contributed by atoms with van der Waals surface area (Å²) in [6, 6.07) is 11.5. The summed E-state index contributed by atoms with van der Waals surface area (Å²) < 4.78 is 5.40. The Labute approximate surface area is 182 Å². The molecule has 2 bridgehead atoms. The van der Waals surface area contributed by atoms with E-state index in [1.807, 2.05) is 0 Å². The zero-order valence-corrected chi connectivity index (χ0v) is 17.2. The van der Waals surface area contributed by atoms with E-state index in [9.17, 15) is 14.4 Å². The number of hydrogen-bond acceptors (Lipinski definition) is 4. The predicted octanol–water partition coefficient (Wildman–Crippen LogP) is 4.38. The monoisotopic (exact) mass is 444 g/mol. The molecule has 0 unspecified atom stereocenters. The van der Waals surface area contributed by atoms with E-state index in [0.29, 0.717) is 22.0 Å². The van der Waals surface area contributed by atoms with Crippen LogP contribution in [0.25, 0.3) is 0 Å². The van der Waals surface area contributed by atoms with Gasteiger partial charge in [0.1, 0.15) is 6.10 Å². The summed E-state index contributed by atoms with van der Waals surface area (Å²) >= 11 is 12.1. The average Bonchev–Trinajstić information content (AvgIpc) is 3.34. The number of benzene rings is 2. The smallest absolute Gasteiger partial charge is 0.310 e. The largest absolute Gasteiger partial charge is 0.462 e. The molecule has 3 aliphatic rings. The average molecular weight is 445 g/mol. The van der Waals surface area contributed by atoms with Crippen molar-refractivity contribution in [2.45, 2.75) is 18.9 Å². The SMILES string of the molecule is O=C(Nc1cccc(Cl)c1Cl)c1ccc(NC(=O)[C@@H]2[C@@H]3C[C@@H]4[C@@H]2C(=O)O[C@@H]4C3)cc1. The highest BCUT2D eigenvalue weighted by atomic mass is 35.5. The molecule has 3 fully saturated rings. The molecule has 1 aliphatic heterocycles. The van der Waals surface area contributed by atoms with Crippen LogP contribution < -0.4 is 10.6 Å². The lowest BCUT2D eigenvalue weighted by Crippen LogP contribution is -2.35. The molecule has 0 aromatic heterocycles. The molecule has 2 aliphatic carbocycles. The van der Waals surface area contributed by atoms with Crippen LogP contribution in [0.1, 0.15) is 23.2 Å². The predicted molar refractivity (Wildman–Crippen MR) is 113 cm³/mol. The zero-order valence-electron chi connectivity index (χ0n) is 15.7. The number of halogens is 2. The maximum absolute atomic E-state index is 12.8. The number of rotatable bonds is 4. The second-order valence-corrected chi connectivity index (χ2v) is 8.83. The summed E-state index contributed by atoms with van der Waals surface area (Å²) in [7, 11) is 0. The summed E-state index contributed by atoms with van der Waals surface area (Å²) in [5, 5.41) is 6.23. The van der Waals surface area contributed by atoms with Crippen LogP contribution in [0, 0.1) is 23.7 Å². The Morgan fingerprint density at radius 3 is 2.53 bits per heavy atom. The number of fused-ring (bicyclic) bond motifs is 1. The lowest BCUT2D eigenvalue weighted by molar-refractivity contribution is -0.145. The van der Waals surface area contributed by atoms with Crippen molar-refractivity contribution in [1.29, 1.82) is 0 Å². The highest BCUT2D eigenvalue weighted by Crippen LogP contribution is 2.57. The van der Waals surface area contributed by atoms with Crippen molar-refractivity contribution >= 4 is 52.4 Å². The standard InChI is InChI=1S/C22H18Cl2N2O4/c23-14-2-1-3-15(19(14)24)26-20(27)10-4-6-12(7-5-10)25-21(28)17-11-8-13-16(9-11)30-22(29)18(13)17/h1-7,11,13,16-18H,8-9H2,(H,25,28)(H,26,27)/t11-,13+,16-,17-,18+/m1/s1. The minimum atomic E-state index is -0.343. The Hall–Kier alpha value is -2.57. The number of anilines is 2. The van der Waals surface area contributed by atoms with Crippen molar-refractivity contribution in [1.82, 2.24) is 0 Å². The van der Waals surface area contributed by atoms with Crippen LogP contribution in [-0.4, -0.2) is 23.9 Å². The van der Waals surface area contributed by atoms with Crippen molar-refractivity contribution in [3.63, 3.8) is 0 Å². The van der Waals surface area contributed by atoms with Gasteiger partial charge in [0.25, 0.3) is 5.91 Å². The van der Waals surface area contributed by atoms with Gasteiger partial charge in [0.2, 0.25) is 5.91 Å². The van der Waals surface area contributed by atoms with Crippen LogP contribution in [0.5, 0.6) is 0 Å². The first-order chi connectivity index (χ1) is 14.4. The number of ether oxygens (including phenoxy) is 1. The van der Waals surface area contributed by atoms with Crippen molar-refractivity contribution in [3.05, 3.63) is 58.1 Å². The number of hydrogen-bond donors (Lipinski definition) is 2.